The van der Waals surface area contributed by atoms with Crippen molar-refractivity contribution in [2.45, 2.75) is 81.9 Å². The molecule has 19 heteroatoms. The van der Waals surface area contributed by atoms with Crippen LogP contribution in [0.2, 0.25) is 0 Å². The molecule has 16 nitrogen and oxygen atoms in total. The molecule has 0 aromatic heterocycles. The Hall–Kier alpha value is -3.72. The topological polar surface area (TPSA) is 216 Å². The van der Waals surface area contributed by atoms with Crippen LogP contribution in [0.25, 0.3) is 17.4 Å². The first-order valence-corrected chi connectivity index (χ1v) is 22.6. The number of hydroxylamine groups is 2. The number of carbonyl (C=O) groups is 3. The van der Waals surface area contributed by atoms with E-state index in [1.165, 1.54) is 18.2 Å². The van der Waals surface area contributed by atoms with E-state index in [0.717, 1.165) is 16.5 Å². The number of fused-ring (bicyclic) bond motifs is 2. The van der Waals surface area contributed by atoms with Gasteiger partial charge in [-0.1, -0.05) is 26.8 Å². The summed E-state index contributed by atoms with van der Waals surface area (Å²) in [5.74, 6) is -1.58. The van der Waals surface area contributed by atoms with Crippen molar-refractivity contribution in [2.75, 3.05) is 57.7 Å². The molecule has 0 saturated carbocycles. The zero-order valence-electron chi connectivity index (χ0n) is 35.7. The smallest absolute Gasteiger partial charge is 0.748 e. The predicted molar refractivity (Wildman–Crippen MR) is 219 cm³/mol. The maximum atomic E-state index is 12.8. The average Bonchev–Trinajstić information content (AvgIpc) is 3.60. The van der Waals surface area contributed by atoms with Gasteiger partial charge in [0.2, 0.25) is 5.36 Å². The van der Waals surface area contributed by atoms with Gasteiger partial charge in [0.15, 0.2) is 13.1 Å². The molecule has 1 aromatic carbocycles. The summed E-state index contributed by atoms with van der Waals surface area (Å²) in [6.07, 6.45) is 5.15. The van der Waals surface area contributed by atoms with Crippen LogP contribution in [0.5, 0.6) is 0 Å². The Kier molecular flexibility index (Phi) is 16.9. The molecule has 5 rings (SSSR count). The number of allylic oxidation sites excluding steroid dienone is 3. The number of methoxy groups -OCH3 is 2. The standard InChI is InChI=1S/C42H53N3O13S2.Na/c1-41(2,3)33-27-30(57-36-26-29(13-15-32(33)36)43(21-23-55-5)22-24-56-6)10-7-11-37-42(4,19-8-12-40(48)58-45-38(46)17-18-39(45)47)34-28-31(60(52,53)54)14-16-35(34)44(37)20-9-25-59(49,50)51;/h7,10-11,13-16,26-28H,8-9,12,17-25H2,1-6H3,(H-,49,50,51,52,53,54);/q;+1/p-1. The zero-order chi connectivity index (χ0) is 44.0. The number of ether oxygens (including phenoxy) is 2. The Labute approximate surface area is 379 Å². The molecule has 0 bridgehead atoms. The van der Waals surface area contributed by atoms with Crippen LogP contribution >= 0.6 is 0 Å². The van der Waals surface area contributed by atoms with Crippen LogP contribution in [0.3, 0.4) is 0 Å². The molecular weight excluding hydrogens is 842 g/mol. The molecule has 1 saturated heterocycles. The Morgan fingerprint density at radius 1 is 0.951 bits per heavy atom. The van der Waals surface area contributed by atoms with E-state index in [9.17, 15) is 40.3 Å². The van der Waals surface area contributed by atoms with Gasteiger partial charge in [0.1, 0.15) is 34.9 Å². The summed E-state index contributed by atoms with van der Waals surface area (Å²) in [6, 6.07) is 11.9. The van der Waals surface area contributed by atoms with Crippen molar-refractivity contribution in [2.24, 2.45) is 0 Å². The molecule has 61 heavy (non-hydrogen) atoms. The van der Waals surface area contributed by atoms with E-state index in [1.54, 1.807) is 44.3 Å². The summed E-state index contributed by atoms with van der Waals surface area (Å²) in [6.45, 7) is 10.4. The Balaban J connectivity index is 0.00000819. The molecule has 1 fully saturated rings. The molecule has 3 aliphatic heterocycles. The van der Waals surface area contributed by atoms with E-state index in [2.05, 4.69) is 25.3 Å². The number of nitrogens with zero attached hydrogens (tertiary/aromatic N) is 3. The van der Waals surface area contributed by atoms with Gasteiger partial charge < -0.3 is 32.7 Å². The third-order valence-corrected chi connectivity index (χ3v) is 12.2. The SMILES string of the molecule is COCC[N+](CCOC)=c1ccc2c(C(C)(C)C)cc(/C=C/C=C3/N(CCCS(=O)(=O)[O-])c4ccc(S(=O)(=O)[O-])cc4C3(C)CCCC(=O)ON3C(=O)CCC3=O)oc-2c1.[Na+]. The summed E-state index contributed by atoms with van der Waals surface area (Å²) in [4.78, 5) is 43.2. The van der Waals surface area contributed by atoms with Crippen molar-refractivity contribution in [3.63, 3.8) is 0 Å². The molecule has 0 N–H and O–H groups in total. The van der Waals surface area contributed by atoms with Gasteiger partial charge in [-0.05, 0) is 85.2 Å². The first-order chi connectivity index (χ1) is 28.2. The minimum Gasteiger partial charge on any atom is -0.748 e. The largest absolute Gasteiger partial charge is 1.00 e. The van der Waals surface area contributed by atoms with Gasteiger partial charge in [0.05, 0.1) is 21.1 Å². The molecular formula is C42H52N3NaO13S2. The molecule has 0 radical (unpaired) electrons. The summed E-state index contributed by atoms with van der Waals surface area (Å²) < 4.78 is 91.0. The van der Waals surface area contributed by atoms with E-state index < -0.39 is 54.1 Å². The molecule has 0 spiro atoms. The summed E-state index contributed by atoms with van der Waals surface area (Å²) in [7, 11) is -6.19. The summed E-state index contributed by atoms with van der Waals surface area (Å²) >= 11 is 0. The van der Waals surface area contributed by atoms with Crippen LogP contribution < -0.4 is 44.4 Å². The quantitative estimate of drug-likeness (QED) is 0.0756. The van der Waals surface area contributed by atoms with Gasteiger partial charge in [0.25, 0.3) is 11.8 Å². The maximum absolute atomic E-state index is 12.8. The number of rotatable bonds is 18. The molecule has 1 atom stereocenters. The number of carbonyl (C=O) groups excluding carboxylic acids is 3. The van der Waals surface area contributed by atoms with Crippen LogP contribution in [-0.2, 0) is 59.8 Å². The van der Waals surface area contributed by atoms with Gasteiger partial charge in [-0.2, -0.15) is 0 Å². The molecule has 3 heterocycles. The normalized spacial score (nSPS) is 17.7. The van der Waals surface area contributed by atoms with Gasteiger partial charge in [0, 0.05) is 74.2 Å². The van der Waals surface area contributed by atoms with Crippen LogP contribution in [0.1, 0.15) is 83.1 Å². The molecule has 326 valence electrons. The minimum atomic E-state index is -4.90. The fourth-order valence-electron chi connectivity index (χ4n) is 7.58. The first-order valence-electron chi connectivity index (χ1n) is 19.6. The van der Waals surface area contributed by atoms with Crippen LogP contribution in [-0.4, -0.2) is 102 Å². The number of hydrogen-bond acceptors (Lipinski definition) is 14. The monoisotopic (exact) mass is 893 g/mol. The third kappa shape index (κ3) is 12.5. The second-order valence-corrected chi connectivity index (χ2v) is 18.9. The van der Waals surface area contributed by atoms with E-state index >= 15 is 0 Å². The number of hydrogen-bond donors (Lipinski definition) is 0. The van der Waals surface area contributed by atoms with Crippen LogP contribution in [0.4, 0.5) is 5.69 Å². The molecule has 2 amide bonds. The number of anilines is 1. The van der Waals surface area contributed by atoms with Gasteiger partial charge in [-0.15, -0.1) is 5.06 Å². The Morgan fingerprint density at radius 3 is 2.20 bits per heavy atom. The van der Waals surface area contributed by atoms with Crippen molar-refractivity contribution >= 4 is 49.8 Å². The van der Waals surface area contributed by atoms with E-state index in [0.29, 0.717) is 59.8 Å². The predicted octanol–water partition coefficient (Wildman–Crippen LogP) is 1.04. The third-order valence-electron chi connectivity index (χ3n) is 10.6. The van der Waals surface area contributed by atoms with Gasteiger partial charge in [-0.3, -0.25) is 9.59 Å². The first kappa shape index (κ1) is 49.9. The second kappa shape index (κ2) is 20.6. The van der Waals surface area contributed by atoms with E-state index in [1.807, 2.05) is 24.3 Å². The van der Waals surface area contributed by atoms with E-state index in [-0.39, 0.29) is 80.0 Å². The number of benzene rings is 2. The summed E-state index contributed by atoms with van der Waals surface area (Å²) in [5.41, 5.74) is 2.04. The Morgan fingerprint density at radius 2 is 1.61 bits per heavy atom. The van der Waals surface area contributed by atoms with Crippen LogP contribution in [0.15, 0.2) is 69.6 Å². The minimum absolute atomic E-state index is 0. The zero-order valence-corrected chi connectivity index (χ0v) is 39.4. The molecule has 1 aromatic rings. The average molecular weight is 894 g/mol. The number of imide groups is 1. The van der Waals surface area contributed by atoms with Crippen LogP contribution in [0, 0.1) is 0 Å². The van der Waals surface area contributed by atoms with Crippen molar-refractivity contribution in [1.29, 1.82) is 0 Å². The van der Waals surface area contributed by atoms with Crippen molar-refractivity contribution in [1.82, 2.24) is 9.64 Å². The van der Waals surface area contributed by atoms with Gasteiger partial charge >= 0.3 is 35.5 Å². The van der Waals surface area contributed by atoms with Crippen molar-refractivity contribution < 1.29 is 88.6 Å². The second-order valence-electron chi connectivity index (χ2n) is 16.0. The van der Waals surface area contributed by atoms with Crippen molar-refractivity contribution in [3.05, 3.63) is 82.6 Å². The van der Waals surface area contributed by atoms with Gasteiger partial charge in [-0.25, -0.2) is 26.2 Å². The molecule has 4 aliphatic rings. The molecule has 1 unspecified atom stereocenters. The fourth-order valence-corrected chi connectivity index (χ4v) is 8.56. The Bertz CT molecular complexity index is 2410. The maximum Gasteiger partial charge on any atom is 1.00 e. The molecule has 1 aliphatic carbocycles. The summed E-state index contributed by atoms with van der Waals surface area (Å²) in [5, 5.41) is 1.38. The number of amides is 2. The van der Waals surface area contributed by atoms with Crippen molar-refractivity contribution in [3.8, 4) is 11.3 Å². The van der Waals surface area contributed by atoms with E-state index in [4.69, 9.17) is 18.7 Å². The fraction of sp³-hybridized carbons (Fsp3) is 0.476.